The van der Waals surface area contributed by atoms with Crippen LogP contribution in [0.4, 0.5) is 0 Å². The van der Waals surface area contributed by atoms with Crippen LogP contribution < -0.4 is 10.9 Å². The summed E-state index contributed by atoms with van der Waals surface area (Å²) in [6.45, 7) is 0. The monoisotopic (exact) mass is 350 g/mol. The van der Waals surface area contributed by atoms with Gasteiger partial charge in [-0.3, -0.25) is 0 Å². The van der Waals surface area contributed by atoms with Crippen molar-refractivity contribution in [3.63, 3.8) is 0 Å². The molecule has 0 bridgehead atoms. The highest BCUT2D eigenvalue weighted by Gasteiger charge is 2.00. The van der Waals surface area contributed by atoms with Gasteiger partial charge < -0.3 is 9.97 Å². The fourth-order valence-electron chi connectivity index (χ4n) is 2.08. The summed E-state index contributed by atoms with van der Waals surface area (Å²) in [7, 11) is 11.2. The zero-order valence-electron chi connectivity index (χ0n) is 15.2. The lowest BCUT2D eigenvalue weighted by atomic mass is 9.96. The van der Waals surface area contributed by atoms with Gasteiger partial charge >= 0.3 is 0 Å². The number of aromatic amines is 2. The van der Waals surface area contributed by atoms with Crippen molar-refractivity contribution < 1.29 is 2.74 Å². The Kier molecular flexibility index (Phi) is 4.49. The molecule has 0 unspecified atom stereocenters. The first-order chi connectivity index (χ1) is 12.4. The third-order valence-electron chi connectivity index (χ3n) is 3.22. The smallest absolute Gasteiger partial charge is 0.166 e. The molecule has 0 spiro atoms. The number of hydrogen-bond donors (Lipinski definition) is 2. The van der Waals surface area contributed by atoms with Crippen LogP contribution in [0.3, 0.4) is 0 Å². The van der Waals surface area contributed by atoms with Gasteiger partial charge in [-0.2, -0.15) is 0 Å². The zero-order chi connectivity index (χ0) is 18.8. The molecule has 0 atom stereocenters. The van der Waals surface area contributed by atoms with Crippen molar-refractivity contribution in [2.75, 3.05) is 12.5 Å². The van der Waals surface area contributed by atoms with Gasteiger partial charge in [-0.25, -0.2) is 9.97 Å². The number of imidazole rings is 2. The Morgan fingerprint density at radius 2 is 1.29 bits per heavy atom. The molecule has 0 aliphatic heterocycles. The van der Waals surface area contributed by atoms with Gasteiger partial charge in [0.1, 0.15) is 15.7 Å². The van der Waals surface area contributed by atoms with E-state index in [1.54, 1.807) is 24.3 Å². The fraction of sp³-hybridized carbons (Fsp3) is 0.125. The summed E-state index contributed by atoms with van der Waals surface area (Å²) in [5, 5.41) is 1.69. The van der Waals surface area contributed by atoms with E-state index in [0.29, 0.717) is 23.0 Å². The Bertz CT molecular complexity index is 917. The van der Waals surface area contributed by atoms with Crippen molar-refractivity contribution >= 4 is 72.2 Å². The normalized spacial score (nSPS) is 11.9. The molecule has 116 valence electrons. The largest absolute Gasteiger partial charge is 0.333 e. The highest BCUT2D eigenvalue weighted by molar-refractivity contribution is 7.98. The summed E-state index contributed by atoms with van der Waals surface area (Å²) in [6, 6.07) is 7.47. The lowest BCUT2D eigenvalue weighted by Gasteiger charge is -1.89. The van der Waals surface area contributed by atoms with Crippen LogP contribution >= 0.6 is 23.5 Å². The van der Waals surface area contributed by atoms with Crippen LogP contribution in [0.25, 0.3) is 22.1 Å². The SMILES string of the molecule is [2H]c1cc2nc(SC)[nH]c2cc1[B].[2H]c1cc2nc(SC)[nH]c2cc1[B]. The Morgan fingerprint density at radius 1 is 0.875 bits per heavy atom. The minimum Gasteiger partial charge on any atom is -0.333 e. The fourth-order valence-corrected chi connectivity index (χ4v) is 2.89. The van der Waals surface area contributed by atoms with Crippen LogP contribution in [0.2, 0.25) is 0 Å². The van der Waals surface area contributed by atoms with Crippen LogP contribution in [0.5, 0.6) is 0 Å². The Hall–Kier alpha value is -1.79. The number of thioether (sulfide) groups is 2. The molecular weight excluding hydrogens is 334 g/mol. The maximum atomic E-state index is 7.48. The quantitative estimate of drug-likeness (QED) is 0.430. The molecule has 0 saturated heterocycles. The van der Waals surface area contributed by atoms with Gasteiger partial charge in [0.25, 0.3) is 0 Å². The van der Waals surface area contributed by atoms with Gasteiger partial charge in [0.05, 0.1) is 24.8 Å². The van der Waals surface area contributed by atoms with E-state index in [9.17, 15) is 0 Å². The molecule has 24 heavy (non-hydrogen) atoms. The van der Waals surface area contributed by atoms with E-state index in [1.807, 2.05) is 12.5 Å². The lowest BCUT2D eigenvalue weighted by Crippen LogP contribution is -1.99. The molecule has 0 aliphatic rings. The average molecular weight is 350 g/mol. The standard InChI is InChI=1S/2C8H7BN2S/c2*1-12-8-10-6-3-2-5(9)4-7(6)11-8/h2*2-4H,1H3,(H,10,11)/i2*2D. The van der Waals surface area contributed by atoms with E-state index in [-0.39, 0.29) is 0 Å². The van der Waals surface area contributed by atoms with Gasteiger partial charge in [-0.15, -0.1) is 0 Å². The molecule has 0 fully saturated rings. The molecule has 2 heterocycles. The van der Waals surface area contributed by atoms with Gasteiger partial charge in [-0.05, 0) is 36.8 Å². The molecule has 4 nitrogen and oxygen atoms in total. The van der Waals surface area contributed by atoms with Crippen molar-refractivity contribution in [3.8, 4) is 0 Å². The first kappa shape index (κ1) is 14.5. The van der Waals surface area contributed by atoms with Crippen LogP contribution in [0, 0.1) is 0 Å². The maximum Gasteiger partial charge on any atom is 0.166 e. The van der Waals surface area contributed by atoms with Crippen LogP contribution in [-0.2, 0) is 0 Å². The topological polar surface area (TPSA) is 57.4 Å². The predicted octanol–water partition coefficient (Wildman–Crippen LogP) is 2.16. The highest BCUT2D eigenvalue weighted by Crippen LogP contribution is 2.16. The third-order valence-corrected chi connectivity index (χ3v) is 4.38. The Balaban J connectivity index is 0.000000151. The van der Waals surface area contributed by atoms with Crippen molar-refractivity contribution in [1.82, 2.24) is 19.9 Å². The molecule has 8 heteroatoms. The number of fused-ring (bicyclic) bond motifs is 2. The zero-order valence-corrected chi connectivity index (χ0v) is 14.8. The van der Waals surface area contributed by atoms with E-state index in [2.05, 4.69) is 19.9 Å². The van der Waals surface area contributed by atoms with Crippen molar-refractivity contribution in [2.24, 2.45) is 0 Å². The second-order valence-corrected chi connectivity index (χ2v) is 6.46. The van der Waals surface area contributed by atoms with Gasteiger partial charge in [0, 0.05) is 0 Å². The first-order valence-corrected chi connectivity index (χ1v) is 9.46. The number of rotatable bonds is 2. The number of nitrogens with zero attached hydrogens (tertiary/aromatic N) is 2. The Morgan fingerprint density at radius 3 is 1.67 bits per heavy atom. The summed E-state index contributed by atoms with van der Waals surface area (Å²) in [5.74, 6) is 0. The molecule has 4 rings (SSSR count). The van der Waals surface area contributed by atoms with Crippen molar-refractivity contribution in [1.29, 1.82) is 0 Å². The number of aromatic nitrogens is 4. The summed E-state index contributed by atoms with van der Waals surface area (Å²) >= 11 is 3.08. The van der Waals surface area contributed by atoms with Crippen LogP contribution in [-0.4, -0.2) is 48.1 Å². The first-order valence-electron chi connectivity index (χ1n) is 8.01. The predicted molar refractivity (Wildman–Crippen MR) is 107 cm³/mol. The summed E-state index contributed by atoms with van der Waals surface area (Å²) in [4.78, 5) is 14.7. The molecule has 2 aromatic heterocycles. The second kappa shape index (κ2) is 7.40. The van der Waals surface area contributed by atoms with Gasteiger partial charge in [0.15, 0.2) is 10.3 Å². The number of nitrogens with one attached hydrogen (secondary N) is 2. The maximum absolute atomic E-state index is 7.48. The van der Waals surface area contributed by atoms with E-state index in [0.717, 1.165) is 32.4 Å². The molecule has 2 aromatic carbocycles. The third kappa shape index (κ3) is 3.82. The Labute approximate surface area is 154 Å². The number of hydrogen-bond acceptors (Lipinski definition) is 4. The van der Waals surface area contributed by atoms with Crippen LogP contribution in [0.15, 0.2) is 46.7 Å². The van der Waals surface area contributed by atoms with E-state index < -0.39 is 0 Å². The number of benzene rings is 2. The summed E-state index contributed by atoms with van der Waals surface area (Å²) in [6.07, 6.45) is 3.89. The highest BCUT2D eigenvalue weighted by atomic mass is 32.2. The second-order valence-electron chi connectivity index (χ2n) is 4.87. The number of H-pyrrole nitrogens is 2. The lowest BCUT2D eigenvalue weighted by molar-refractivity contribution is 1.09. The van der Waals surface area contributed by atoms with E-state index in [1.165, 1.54) is 23.5 Å². The van der Waals surface area contributed by atoms with Crippen molar-refractivity contribution in [2.45, 2.75) is 10.3 Å². The minimum atomic E-state index is 0.326. The summed E-state index contributed by atoms with van der Waals surface area (Å²) < 4.78 is 15.0. The molecular formula is C16H14B2N4S2. The van der Waals surface area contributed by atoms with E-state index in [4.69, 9.17) is 18.4 Å². The average Bonchev–Trinajstić information content (AvgIpc) is 3.19. The minimum absolute atomic E-state index is 0.326. The van der Waals surface area contributed by atoms with Crippen LogP contribution in [0.1, 0.15) is 2.74 Å². The molecule has 0 saturated carbocycles. The van der Waals surface area contributed by atoms with E-state index >= 15 is 0 Å². The molecule has 2 N–H and O–H groups in total. The summed E-state index contributed by atoms with van der Waals surface area (Å²) in [5.41, 5.74) is 4.32. The van der Waals surface area contributed by atoms with Gasteiger partial charge in [0.2, 0.25) is 0 Å². The molecule has 4 radical (unpaired) electrons. The molecule has 0 aliphatic carbocycles. The molecule has 0 amide bonds. The van der Waals surface area contributed by atoms with Gasteiger partial charge in [-0.1, -0.05) is 46.5 Å². The molecule has 4 aromatic rings. The van der Waals surface area contributed by atoms with Crippen molar-refractivity contribution in [3.05, 3.63) is 36.4 Å².